The second-order valence-electron chi connectivity index (χ2n) is 3.63. The van der Waals surface area contributed by atoms with Crippen molar-refractivity contribution < 1.29 is 13.2 Å². The highest BCUT2D eigenvalue weighted by Crippen LogP contribution is 2.05. The normalized spacial score (nSPS) is 20.2. The highest BCUT2D eigenvalue weighted by Gasteiger charge is 2.23. The van der Waals surface area contributed by atoms with Crippen LogP contribution >= 0.6 is 0 Å². The number of morpholine rings is 1. The van der Waals surface area contributed by atoms with Gasteiger partial charge < -0.3 is 9.64 Å². The maximum Gasteiger partial charge on any atom is 0.215 e. The van der Waals surface area contributed by atoms with Gasteiger partial charge in [0, 0.05) is 19.6 Å². The Labute approximate surface area is 85.7 Å². The molecule has 84 valence electrons. The zero-order chi connectivity index (χ0) is 10.6. The van der Waals surface area contributed by atoms with Crippen molar-refractivity contribution in [2.24, 2.45) is 0 Å². The van der Waals surface area contributed by atoms with Crippen LogP contribution in [0.5, 0.6) is 0 Å². The summed E-state index contributed by atoms with van der Waals surface area (Å²) in [5.41, 5.74) is 0. The summed E-state index contributed by atoms with van der Waals surface area (Å²) >= 11 is 0. The molecular weight excluding hydrogens is 204 g/mol. The van der Waals surface area contributed by atoms with Crippen LogP contribution in [0.2, 0.25) is 0 Å². The number of nitrogens with zero attached hydrogens (tertiary/aromatic N) is 2. The van der Waals surface area contributed by atoms with E-state index in [1.54, 1.807) is 0 Å². The molecule has 0 aromatic rings. The molecule has 0 unspecified atom stereocenters. The first-order valence-electron chi connectivity index (χ1n) is 4.73. The van der Waals surface area contributed by atoms with Gasteiger partial charge in [0.15, 0.2) is 0 Å². The molecule has 0 radical (unpaired) electrons. The van der Waals surface area contributed by atoms with Gasteiger partial charge in [-0.3, -0.25) is 0 Å². The summed E-state index contributed by atoms with van der Waals surface area (Å²) < 4.78 is 30.1. The van der Waals surface area contributed by atoms with E-state index in [4.69, 9.17) is 4.74 Å². The van der Waals surface area contributed by atoms with Crippen LogP contribution in [0.4, 0.5) is 0 Å². The molecule has 6 heteroatoms. The molecule has 1 aliphatic rings. The van der Waals surface area contributed by atoms with Gasteiger partial charge in [0.05, 0.1) is 19.0 Å². The lowest BCUT2D eigenvalue weighted by molar-refractivity contribution is 0.0730. The summed E-state index contributed by atoms with van der Waals surface area (Å²) in [5, 5.41) is 0. The third-order valence-electron chi connectivity index (χ3n) is 2.16. The average Bonchev–Trinajstić information content (AvgIpc) is 2.16. The van der Waals surface area contributed by atoms with E-state index >= 15 is 0 Å². The molecule has 0 aromatic heterocycles. The van der Waals surface area contributed by atoms with Crippen LogP contribution in [0.15, 0.2) is 0 Å². The van der Waals surface area contributed by atoms with Crippen molar-refractivity contribution in [2.45, 2.75) is 0 Å². The molecule has 1 fully saturated rings. The molecule has 1 rings (SSSR count). The molecule has 0 amide bonds. The molecule has 0 atom stereocenters. The minimum Gasteiger partial charge on any atom is -0.379 e. The number of hydrogen-bond acceptors (Lipinski definition) is 4. The maximum atomic E-state index is 11.7. The smallest absolute Gasteiger partial charge is 0.215 e. The summed E-state index contributed by atoms with van der Waals surface area (Å²) in [6, 6.07) is 0. The molecule has 0 aromatic carbocycles. The molecule has 0 bridgehead atoms. The first-order chi connectivity index (χ1) is 6.52. The fourth-order valence-electron chi connectivity index (χ4n) is 1.25. The fraction of sp³-hybridized carbons (Fsp3) is 1.00. The van der Waals surface area contributed by atoms with E-state index in [9.17, 15) is 8.42 Å². The number of ether oxygens (including phenoxy) is 1. The van der Waals surface area contributed by atoms with Crippen molar-refractivity contribution in [3.8, 4) is 0 Å². The molecule has 1 saturated heterocycles. The van der Waals surface area contributed by atoms with Crippen molar-refractivity contribution in [2.75, 3.05) is 52.7 Å². The SMILES string of the molecule is CN(C)CCS(=O)(=O)N1CCOCC1. The van der Waals surface area contributed by atoms with Gasteiger partial charge in [0.2, 0.25) is 10.0 Å². The minimum absolute atomic E-state index is 0.194. The van der Waals surface area contributed by atoms with Crippen molar-refractivity contribution in [3.63, 3.8) is 0 Å². The summed E-state index contributed by atoms with van der Waals surface area (Å²) in [6.07, 6.45) is 0. The van der Waals surface area contributed by atoms with Gasteiger partial charge in [-0.1, -0.05) is 0 Å². The van der Waals surface area contributed by atoms with Crippen LogP contribution in [0.25, 0.3) is 0 Å². The van der Waals surface area contributed by atoms with Crippen LogP contribution in [-0.2, 0) is 14.8 Å². The molecular formula is C8H18N2O3S. The average molecular weight is 222 g/mol. The Morgan fingerprint density at radius 2 is 1.86 bits per heavy atom. The molecule has 14 heavy (non-hydrogen) atoms. The summed E-state index contributed by atoms with van der Waals surface area (Å²) in [7, 11) is 0.673. The maximum absolute atomic E-state index is 11.7. The van der Waals surface area contributed by atoms with Gasteiger partial charge in [-0.05, 0) is 14.1 Å². The van der Waals surface area contributed by atoms with Crippen molar-refractivity contribution >= 4 is 10.0 Å². The molecule has 1 aliphatic heterocycles. The lowest BCUT2D eigenvalue weighted by atomic mass is 10.5. The van der Waals surface area contributed by atoms with Crippen LogP contribution < -0.4 is 0 Å². The monoisotopic (exact) mass is 222 g/mol. The molecule has 0 saturated carbocycles. The molecule has 0 N–H and O–H groups in total. The van der Waals surface area contributed by atoms with E-state index in [2.05, 4.69) is 0 Å². The van der Waals surface area contributed by atoms with Crippen LogP contribution in [0, 0.1) is 0 Å². The Morgan fingerprint density at radius 3 is 2.36 bits per heavy atom. The van der Waals surface area contributed by atoms with E-state index in [1.807, 2.05) is 19.0 Å². The zero-order valence-electron chi connectivity index (χ0n) is 8.77. The van der Waals surface area contributed by atoms with Crippen LogP contribution in [-0.4, -0.2) is 70.3 Å². The fourth-order valence-corrected chi connectivity index (χ4v) is 2.81. The highest BCUT2D eigenvalue weighted by molar-refractivity contribution is 7.89. The lowest BCUT2D eigenvalue weighted by Crippen LogP contribution is -2.43. The molecule has 5 nitrogen and oxygen atoms in total. The number of hydrogen-bond donors (Lipinski definition) is 0. The third kappa shape index (κ3) is 3.53. The quantitative estimate of drug-likeness (QED) is 0.625. The predicted molar refractivity (Wildman–Crippen MR) is 54.7 cm³/mol. The first-order valence-corrected chi connectivity index (χ1v) is 6.33. The van der Waals surface area contributed by atoms with E-state index in [0.29, 0.717) is 32.8 Å². The largest absolute Gasteiger partial charge is 0.379 e. The van der Waals surface area contributed by atoms with Gasteiger partial charge >= 0.3 is 0 Å². The van der Waals surface area contributed by atoms with Crippen molar-refractivity contribution in [1.29, 1.82) is 0 Å². The van der Waals surface area contributed by atoms with Gasteiger partial charge in [0.1, 0.15) is 0 Å². The third-order valence-corrected chi connectivity index (χ3v) is 4.01. The van der Waals surface area contributed by atoms with E-state index in [-0.39, 0.29) is 5.75 Å². The van der Waals surface area contributed by atoms with Gasteiger partial charge in [-0.15, -0.1) is 0 Å². The van der Waals surface area contributed by atoms with Gasteiger partial charge in [-0.25, -0.2) is 8.42 Å². The van der Waals surface area contributed by atoms with E-state index in [1.165, 1.54) is 4.31 Å². The van der Waals surface area contributed by atoms with Crippen LogP contribution in [0.1, 0.15) is 0 Å². The predicted octanol–water partition coefficient (Wildman–Crippen LogP) is -0.790. The number of sulfonamides is 1. The second-order valence-corrected chi connectivity index (χ2v) is 5.72. The standard InChI is InChI=1S/C8H18N2O3S/c1-9(2)5-8-14(11,12)10-3-6-13-7-4-10/h3-8H2,1-2H3. The lowest BCUT2D eigenvalue weighted by Gasteiger charge is -2.26. The molecule has 0 aliphatic carbocycles. The van der Waals surface area contributed by atoms with Crippen molar-refractivity contribution in [1.82, 2.24) is 9.21 Å². The molecule has 1 heterocycles. The van der Waals surface area contributed by atoms with Gasteiger partial charge in [0.25, 0.3) is 0 Å². The van der Waals surface area contributed by atoms with E-state index in [0.717, 1.165) is 0 Å². The molecule has 0 spiro atoms. The Morgan fingerprint density at radius 1 is 1.29 bits per heavy atom. The Balaban J connectivity index is 2.46. The summed E-state index contributed by atoms with van der Waals surface area (Å²) in [6.45, 7) is 2.59. The number of rotatable bonds is 4. The Bertz CT molecular complexity index is 258. The Kier molecular flexibility index (Phi) is 4.31. The Hall–Kier alpha value is -0.170. The second kappa shape index (κ2) is 5.06. The first kappa shape index (κ1) is 11.9. The summed E-state index contributed by atoms with van der Waals surface area (Å²) in [4.78, 5) is 1.87. The van der Waals surface area contributed by atoms with Crippen molar-refractivity contribution in [3.05, 3.63) is 0 Å². The van der Waals surface area contributed by atoms with Crippen LogP contribution in [0.3, 0.4) is 0 Å². The van der Waals surface area contributed by atoms with Gasteiger partial charge in [-0.2, -0.15) is 4.31 Å². The zero-order valence-corrected chi connectivity index (χ0v) is 9.59. The topological polar surface area (TPSA) is 49.9 Å². The minimum atomic E-state index is -3.07. The highest BCUT2D eigenvalue weighted by atomic mass is 32.2. The van der Waals surface area contributed by atoms with E-state index < -0.39 is 10.0 Å². The summed E-state index contributed by atoms with van der Waals surface area (Å²) in [5.74, 6) is 0.194.